The molecular formula is C32H58ClN3O5. The molecule has 0 saturated carbocycles. The molecule has 238 valence electrons. The van der Waals surface area contributed by atoms with Crippen LogP contribution in [0.3, 0.4) is 0 Å². The number of hydrogen-bond acceptors (Lipinski definition) is 5. The van der Waals surface area contributed by atoms with E-state index in [-0.39, 0.29) is 25.6 Å². The Morgan fingerprint density at radius 1 is 0.732 bits per heavy atom. The summed E-state index contributed by atoms with van der Waals surface area (Å²) in [6.45, 7) is 5.54. The van der Waals surface area contributed by atoms with E-state index in [0.717, 1.165) is 18.5 Å². The molecule has 1 rings (SSSR count). The van der Waals surface area contributed by atoms with Crippen LogP contribution in [0.25, 0.3) is 0 Å². The quantitative estimate of drug-likeness (QED) is 0.130. The fraction of sp³-hybridized carbons (Fsp3) is 0.781. The van der Waals surface area contributed by atoms with Gasteiger partial charge in [0.15, 0.2) is 6.20 Å². The van der Waals surface area contributed by atoms with Crippen LogP contribution in [0.4, 0.5) is 9.59 Å². The Bertz CT molecular complexity index is 769. The molecule has 0 bridgehead atoms. The van der Waals surface area contributed by atoms with Crippen LogP contribution < -0.4 is 27.6 Å². The van der Waals surface area contributed by atoms with Gasteiger partial charge in [-0.25, -0.2) is 14.2 Å². The summed E-state index contributed by atoms with van der Waals surface area (Å²) < 4.78 is 18.0. The van der Waals surface area contributed by atoms with Gasteiger partial charge in [0.05, 0.1) is 0 Å². The van der Waals surface area contributed by atoms with Gasteiger partial charge in [0.2, 0.25) is 5.69 Å². The number of amides is 2. The van der Waals surface area contributed by atoms with E-state index in [1.54, 1.807) is 0 Å². The molecule has 0 aromatic carbocycles. The zero-order chi connectivity index (χ0) is 29.1. The number of pyridine rings is 1. The molecule has 8 nitrogen and oxygen atoms in total. The third kappa shape index (κ3) is 23.2. The van der Waals surface area contributed by atoms with Crippen molar-refractivity contribution in [1.82, 2.24) is 10.6 Å². The van der Waals surface area contributed by atoms with Gasteiger partial charge in [-0.2, -0.15) is 0 Å². The van der Waals surface area contributed by atoms with Crippen LogP contribution >= 0.6 is 0 Å². The lowest BCUT2D eigenvalue weighted by atomic mass is 10.0. The Hall–Kier alpha value is -2.06. The summed E-state index contributed by atoms with van der Waals surface area (Å²) in [5.74, 6) is 0. The first-order valence-electron chi connectivity index (χ1n) is 15.9. The molecule has 1 heterocycles. The van der Waals surface area contributed by atoms with Gasteiger partial charge in [-0.3, -0.25) is 0 Å². The van der Waals surface area contributed by atoms with Crippen LogP contribution in [0.1, 0.15) is 122 Å². The Labute approximate surface area is 256 Å². The average molecular weight is 600 g/mol. The predicted molar refractivity (Wildman–Crippen MR) is 160 cm³/mol. The van der Waals surface area contributed by atoms with Crippen LogP contribution in [0.2, 0.25) is 0 Å². The first-order valence-corrected chi connectivity index (χ1v) is 15.9. The van der Waals surface area contributed by atoms with Crippen molar-refractivity contribution in [3.63, 3.8) is 0 Å². The molecule has 0 spiro atoms. The van der Waals surface area contributed by atoms with Crippen molar-refractivity contribution in [3.05, 3.63) is 30.1 Å². The standard InChI is InChI=1S/C32H57N3O5.ClH/c1-4-6-7-8-9-10-11-12-13-14-15-16-17-18-19-21-24-33-31(36)39-27-30(38-5-2)28-40-32(37)34-26-29-23-20-22-25-35(29)3;/h20,22-23,25,30H,4-19,21,24,26-28H2,1-3H3,(H-,33,34,36,37);1H. The molecule has 0 aliphatic heterocycles. The maximum absolute atomic E-state index is 12.0. The van der Waals surface area contributed by atoms with Crippen molar-refractivity contribution < 1.29 is 40.8 Å². The van der Waals surface area contributed by atoms with Crippen molar-refractivity contribution in [1.29, 1.82) is 0 Å². The van der Waals surface area contributed by atoms with Crippen LogP contribution in [-0.2, 0) is 27.8 Å². The van der Waals surface area contributed by atoms with Gasteiger partial charge >= 0.3 is 12.2 Å². The number of aromatic nitrogens is 1. The van der Waals surface area contributed by atoms with E-state index in [1.807, 2.05) is 42.9 Å². The smallest absolute Gasteiger partial charge is 0.407 e. The number of hydrogen-bond donors (Lipinski definition) is 2. The zero-order valence-corrected chi connectivity index (χ0v) is 26.9. The maximum atomic E-state index is 12.0. The van der Waals surface area contributed by atoms with Crippen LogP contribution in [0, 0.1) is 0 Å². The van der Waals surface area contributed by atoms with Crippen molar-refractivity contribution >= 4 is 12.2 Å². The molecule has 0 saturated heterocycles. The van der Waals surface area contributed by atoms with Gasteiger partial charge in [0, 0.05) is 25.3 Å². The van der Waals surface area contributed by atoms with Crippen molar-refractivity contribution in [2.75, 3.05) is 26.4 Å². The number of halogens is 1. The molecule has 41 heavy (non-hydrogen) atoms. The first kappa shape index (κ1) is 38.9. The minimum Gasteiger partial charge on any atom is -1.00 e. The van der Waals surface area contributed by atoms with E-state index < -0.39 is 18.3 Å². The summed E-state index contributed by atoms with van der Waals surface area (Å²) in [5.41, 5.74) is 0.949. The van der Waals surface area contributed by atoms with Gasteiger partial charge in [-0.15, -0.1) is 0 Å². The summed E-state index contributed by atoms with van der Waals surface area (Å²) in [4.78, 5) is 24.1. The molecule has 0 aliphatic carbocycles. The second kappa shape index (κ2) is 28.1. The fourth-order valence-electron chi connectivity index (χ4n) is 4.59. The Morgan fingerprint density at radius 3 is 1.71 bits per heavy atom. The lowest BCUT2D eigenvalue weighted by Gasteiger charge is -2.17. The molecule has 9 heteroatoms. The molecule has 1 aromatic rings. The number of alkyl carbamates (subject to hydrolysis) is 2. The molecule has 0 aliphatic rings. The lowest BCUT2D eigenvalue weighted by molar-refractivity contribution is -0.679. The van der Waals surface area contributed by atoms with Crippen molar-refractivity contribution in [3.8, 4) is 0 Å². The summed E-state index contributed by atoms with van der Waals surface area (Å²) in [6, 6.07) is 5.76. The number of ether oxygens (including phenoxy) is 3. The monoisotopic (exact) mass is 599 g/mol. The van der Waals surface area contributed by atoms with E-state index >= 15 is 0 Å². The number of rotatable bonds is 25. The largest absolute Gasteiger partial charge is 1.00 e. The number of carbonyl (C=O) groups is 2. The molecule has 0 radical (unpaired) electrons. The third-order valence-corrected chi connectivity index (χ3v) is 7.08. The molecule has 1 aromatic heterocycles. The number of carbonyl (C=O) groups excluding carboxylic acids is 2. The highest BCUT2D eigenvalue weighted by molar-refractivity contribution is 5.67. The number of unbranched alkanes of at least 4 members (excludes halogenated alkanes) is 15. The lowest BCUT2D eigenvalue weighted by Crippen LogP contribution is -3.00. The first-order chi connectivity index (χ1) is 19.6. The fourth-order valence-corrected chi connectivity index (χ4v) is 4.59. The van der Waals surface area contributed by atoms with Crippen molar-refractivity contribution in [2.24, 2.45) is 7.05 Å². The minimum absolute atomic E-state index is 0. The van der Waals surface area contributed by atoms with Crippen LogP contribution in [-0.4, -0.2) is 44.7 Å². The number of aryl methyl sites for hydroxylation is 1. The summed E-state index contributed by atoms with van der Waals surface area (Å²) >= 11 is 0. The number of nitrogens with zero attached hydrogens (tertiary/aromatic N) is 1. The van der Waals surface area contributed by atoms with E-state index in [1.165, 1.54) is 89.9 Å². The Balaban J connectivity index is 0.0000160. The Morgan fingerprint density at radius 2 is 1.22 bits per heavy atom. The van der Waals surface area contributed by atoms with Gasteiger partial charge in [0.1, 0.15) is 32.9 Å². The van der Waals surface area contributed by atoms with E-state index in [4.69, 9.17) is 14.2 Å². The van der Waals surface area contributed by atoms with Gasteiger partial charge in [0.25, 0.3) is 0 Å². The van der Waals surface area contributed by atoms with E-state index in [0.29, 0.717) is 19.7 Å². The zero-order valence-electron chi connectivity index (χ0n) is 26.1. The van der Waals surface area contributed by atoms with Crippen LogP contribution in [0.15, 0.2) is 24.4 Å². The van der Waals surface area contributed by atoms with Gasteiger partial charge < -0.3 is 37.3 Å². The summed E-state index contributed by atoms with van der Waals surface area (Å²) in [6.07, 6.45) is 21.6. The highest BCUT2D eigenvalue weighted by Crippen LogP contribution is 2.13. The highest BCUT2D eigenvalue weighted by Gasteiger charge is 2.16. The van der Waals surface area contributed by atoms with Crippen LogP contribution in [0.5, 0.6) is 0 Å². The molecule has 0 fully saturated rings. The van der Waals surface area contributed by atoms with Gasteiger partial charge in [-0.1, -0.05) is 109 Å². The third-order valence-electron chi connectivity index (χ3n) is 7.08. The second-order valence-corrected chi connectivity index (χ2v) is 10.7. The molecule has 2 N–H and O–H groups in total. The highest BCUT2D eigenvalue weighted by atomic mass is 35.5. The van der Waals surface area contributed by atoms with Gasteiger partial charge in [-0.05, 0) is 13.3 Å². The maximum Gasteiger partial charge on any atom is 0.407 e. The molecule has 1 atom stereocenters. The Kier molecular flexibility index (Phi) is 26.7. The molecular weight excluding hydrogens is 542 g/mol. The summed E-state index contributed by atoms with van der Waals surface area (Å²) in [7, 11) is 1.91. The molecule has 1 unspecified atom stereocenters. The minimum atomic E-state index is -0.540. The topological polar surface area (TPSA) is 89.8 Å². The normalized spacial score (nSPS) is 11.4. The second-order valence-electron chi connectivity index (χ2n) is 10.7. The molecule has 2 amide bonds. The van der Waals surface area contributed by atoms with Crippen molar-refractivity contribution in [2.45, 2.75) is 129 Å². The SMILES string of the molecule is CCCCCCCCCCCCCCCCCCNC(=O)OCC(COC(=O)NCc1cccc[n+]1C)OCC.[Cl-]. The summed E-state index contributed by atoms with van der Waals surface area (Å²) in [5, 5.41) is 5.52. The number of nitrogens with one attached hydrogen (secondary N) is 2. The van der Waals surface area contributed by atoms with E-state index in [9.17, 15) is 9.59 Å². The predicted octanol–water partition coefficient (Wildman–Crippen LogP) is 4.13. The van der Waals surface area contributed by atoms with E-state index in [2.05, 4.69) is 17.6 Å². The average Bonchev–Trinajstić information content (AvgIpc) is 2.95.